The first kappa shape index (κ1) is 11.8. The summed E-state index contributed by atoms with van der Waals surface area (Å²) >= 11 is 1.38. The second-order valence-corrected chi connectivity index (χ2v) is 4.35. The third kappa shape index (κ3) is 4.16. The summed E-state index contributed by atoms with van der Waals surface area (Å²) in [6, 6.07) is 5.65. The lowest BCUT2D eigenvalue weighted by Gasteiger charge is -2.08. The Morgan fingerprint density at radius 3 is 2.67 bits per heavy atom. The van der Waals surface area contributed by atoms with E-state index in [9.17, 15) is 4.79 Å². The maximum absolute atomic E-state index is 11.3. The summed E-state index contributed by atoms with van der Waals surface area (Å²) in [4.78, 5) is 18.0. The summed E-state index contributed by atoms with van der Waals surface area (Å²) in [5.74, 6) is 0.0550. The summed E-state index contributed by atoms with van der Waals surface area (Å²) in [7, 11) is 3.78. The van der Waals surface area contributed by atoms with Crippen LogP contribution in [0.3, 0.4) is 0 Å². The van der Waals surface area contributed by atoms with Crippen molar-refractivity contribution in [2.75, 3.05) is 14.1 Å². The standard InChI is InChI=1S/C11H14N2OS/c1-9(14)10(8-13(2)3)15-11-6-4-5-7-12-11/h4-8H,1-3H3/b10-8-. The smallest absolute Gasteiger partial charge is 0.167 e. The summed E-state index contributed by atoms with van der Waals surface area (Å²) < 4.78 is 0. The molecule has 1 heterocycles. The van der Waals surface area contributed by atoms with Crippen LogP contribution in [0.15, 0.2) is 40.5 Å². The molecule has 0 amide bonds. The van der Waals surface area contributed by atoms with Crippen molar-refractivity contribution in [3.8, 4) is 0 Å². The highest BCUT2D eigenvalue weighted by Gasteiger charge is 2.07. The molecule has 4 heteroatoms. The van der Waals surface area contributed by atoms with E-state index in [2.05, 4.69) is 4.98 Å². The van der Waals surface area contributed by atoms with Gasteiger partial charge in [0.25, 0.3) is 0 Å². The Hall–Kier alpha value is -1.29. The molecule has 0 radical (unpaired) electrons. The molecule has 0 aliphatic carbocycles. The number of carbonyl (C=O) groups is 1. The highest BCUT2D eigenvalue weighted by molar-refractivity contribution is 8.03. The molecular formula is C11H14N2OS. The summed E-state index contributed by atoms with van der Waals surface area (Å²) in [6.07, 6.45) is 3.53. The SMILES string of the molecule is CC(=O)/C(=C/N(C)C)Sc1ccccn1. The van der Waals surface area contributed by atoms with Gasteiger partial charge in [-0.15, -0.1) is 0 Å². The second-order valence-electron chi connectivity index (χ2n) is 3.28. The predicted octanol–water partition coefficient (Wildman–Crippen LogP) is 2.17. The van der Waals surface area contributed by atoms with Crippen LogP contribution >= 0.6 is 11.8 Å². The largest absolute Gasteiger partial charge is 0.382 e. The highest BCUT2D eigenvalue weighted by atomic mass is 32.2. The lowest BCUT2D eigenvalue weighted by molar-refractivity contribution is -0.113. The van der Waals surface area contributed by atoms with E-state index < -0.39 is 0 Å². The molecule has 0 bridgehead atoms. The third-order valence-electron chi connectivity index (χ3n) is 1.57. The fraction of sp³-hybridized carbons (Fsp3) is 0.273. The Kier molecular flexibility index (Phi) is 4.37. The molecule has 1 aromatic heterocycles. The van der Waals surface area contributed by atoms with Crippen molar-refractivity contribution in [3.05, 3.63) is 35.5 Å². The number of nitrogens with zero attached hydrogens (tertiary/aromatic N) is 2. The normalized spacial score (nSPS) is 11.3. The summed E-state index contributed by atoms with van der Waals surface area (Å²) in [6.45, 7) is 1.56. The lowest BCUT2D eigenvalue weighted by atomic mass is 10.4. The van der Waals surface area contributed by atoms with Gasteiger partial charge < -0.3 is 4.90 Å². The van der Waals surface area contributed by atoms with Gasteiger partial charge in [-0.2, -0.15) is 0 Å². The number of hydrogen-bond acceptors (Lipinski definition) is 4. The maximum atomic E-state index is 11.3. The first-order valence-electron chi connectivity index (χ1n) is 4.57. The van der Waals surface area contributed by atoms with Crippen LogP contribution in [0, 0.1) is 0 Å². The van der Waals surface area contributed by atoms with Gasteiger partial charge in [0.1, 0.15) is 5.03 Å². The molecule has 0 aromatic carbocycles. The minimum absolute atomic E-state index is 0.0550. The first-order valence-corrected chi connectivity index (χ1v) is 5.39. The van der Waals surface area contributed by atoms with Crippen LogP contribution in [-0.4, -0.2) is 29.8 Å². The Balaban J connectivity index is 2.81. The summed E-state index contributed by atoms with van der Waals surface area (Å²) in [5, 5.41) is 0.834. The molecule has 0 saturated heterocycles. The number of Topliss-reactive ketones (excluding diaryl/α,β-unsaturated/α-hetero) is 1. The molecule has 15 heavy (non-hydrogen) atoms. The van der Waals surface area contributed by atoms with Gasteiger partial charge in [0.05, 0.1) is 4.91 Å². The van der Waals surface area contributed by atoms with Crippen LogP contribution in [0.2, 0.25) is 0 Å². The van der Waals surface area contributed by atoms with Gasteiger partial charge in [0, 0.05) is 26.5 Å². The number of ketones is 1. The van der Waals surface area contributed by atoms with Crippen molar-refractivity contribution >= 4 is 17.5 Å². The zero-order valence-corrected chi connectivity index (χ0v) is 9.91. The molecule has 0 aliphatic rings. The monoisotopic (exact) mass is 222 g/mol. The van der Waals surface area contributed by atoms with Crippen LogP contribution in [0.4, 0.5) is 0 Å². The zero-order valence-electron chi connectivity index (χ0n) is 9.10. The van der Waals surface area contributed by atoms with E-state index in [1.807, 2.05) is 43.4 Å². The number of pyridine rings is 1. The molecule has 0 atom stereocenters. The fourth-order valence-corrected chi connectivity index (χ4v) is 1.84. The van der Waals surface area contributed by atoms with E-state index in [4.69, 9.17) is 0 Å². The van der Waals surface area contributed by atoms with Crippen molar-refractivity contribution in [1.82, 2.24) is 9.88 Å². The van der Waals surface area contributed by atoms with Crippen LogP contribution < -0.4 is 0 Å². The van der Waals surface area contributed by atoms with Gasteiger partial charge in [-0.25, -0.2) is 4.98 Å². The molecule has 3 nitrogen and oxygen atoms in total. The van der Waals surface area contributed by atoms with Crippen LogP contribution in [0.5, 0.6) is 0 Å². The van der Waals surface area contributed by atoms with Crippen molar-refractivity contribution in [1.29, 1.82) is 0 Å². The molecule has 0 unspecified atom stereocenters. The van der Waals surface area contributed by atoms with Crippen molar-refractivity contribution in [2.24, 2.45) is 0 Å². The number of allylic oxidation sites excluding steroid dienone is 1. The van der Waals surface area contributed by atoms with E-state index in [1.165, 1.54) is 11.8 Å². The molecule has 1 aromatic rings. The van der Waals surface area contributed by atoms with E-state index in [0.717, 1.165) is 5.03 Å². The Morgan fingerprint density at radius 2 is 2.20 bits per heavy atom. The van der Waals surface area contributed by atoms with E-state index in [1.54, 1.807) is 13.1 Å². The lowest BCUT2D eigenvalue weighted by Crippen LogP contribution is -2.05. The van der Waals surface area contributed by atoms with Gasteiger partial charge >= 0.3 is 0 Å². The number of carbonyl (C=O) groups excluding carboxylic acids is 1. The molecule has 0 fully saturated rings. The highest BCUT2D eigenvalue weighted by Crippen LogP contribution is 2.24. The topological polar surface area (TPSA) is 33.2 Å². The van der Waals surface area contributed by atoms with E-state index in [-0.39, 0.29) is 5.78 Å². The molecule has 0 N–H and O–H groups in total. The average molecular weight is 222 g/mol. The number of hydrogen-bond donors (Lipinski definition) is 0. The minimum Gasteiger partial charge on any atom is -0.382 e. The summed E-state index contributed by atoms with van der Waals surface area (Å²) in [5.41, 5.74) is 0. The van der Waals surface area contributed by atoms with Gasteiger partial charge in [-0.1, -0.05) is 17.8 Å². The van der Waals surface area contributed by atoms with Crippen LogP contribution in [-0.2, 0) is 4.79 Å². The Labute approximate surface area is 94.2 Å². The minimum atomic E-state index is 0.0550. The first-order chi connectivity index (χ1) is 7.09. The van der Waals surface area contributed by atoms with Crippen molar-refractivity contribution < 1.29 is 4.79 Å². The average Bonchev–Trinajstić information content (AvgIpc) is 2.17. The predicted molar refractivity (Wildman–Crippen MR) is 62.5 cm³/mol. The molecule has 1 rings (SSSR count). The van der Waals surface area contributed by atoms with E-state index in [0.29, 0.717) is 4.91 Å². The molecular weight excluding hydrogens is 208 g/mol. The molecule has 80 valence electrons. The zero-order chi connectivity index (χ0) is 11.3. The van der Waals surface area contributed by atoms with Gasteiger partial charge in [0.2, 0.25) is 0 Å². The quantitative estimate of drug-likeness (QED) is 0.577. The maximum Gasteiger partial charge on any atom is 0.167 e. The van der Waals surface area contributed by atoms with Crippen molar-refractivity contribution in [2.45, 2.75) is 11.9 Å². The Morgan fingerprint density at radius 1 is 1.47 bits per heavy atom. The van der Waals surface area contributed by atoms with Crippen LogP contribution in [0.1, 0.15) is 6.92 Å². The Bertz CT molecular complexity index is 360. The fourth-order valence-electron chi connectivity index (χ4n) is 0.944. The van der Waals surface area contributed by atoms with Gasteiger partial charge in [-0.3, -0.25) is 4.79 Å². The number of aromatic nitrogens is 1. The molecule has 0 spiro atoms. The molecule has 0 aliphatic heterocycles. The van der Waals surface area contributed by atoms with Gasteiger partial charge in [0.15, 0.2) is 5.78 Å². The molecule has 0 saturated carbocycles. The third-order valence-corrected chi connectivity index (χ3v) is 2.64. The van der Waals surface area contributed by atoms with Crippen molar-refractivity contribution in [3.63, 3.8) is 0 Å². The number of thioether (sulfide) groups is 1. The van der Waals surface area contributed by atoms with E-state index >= 15 is 0 Å². The van der Waals surface area contributed by atoms with Crippen LogP contribution in [0.25, 0.3) is 0 Å². The van der Waals surface area contributed by atoms with Gasteiger partial charge in [-0.05, 0) is 19.1 Å². The number of rotatable bonds is 4. The second kappa shape index (κ2) is 5.56.